The third-order valence-electron chi connectivity index (χ3n) is 3.84. The quantitative estimate of drug-likeness (QED) is 0.564. The van der Waals surface area contributed by atoms with Gasteiger partial charge in [-0.05, 0) is 42.6 Å². The third kappa shape index (κ3) is 2.60. The van der Waals surface area contributed by atoms with E-state index in [0.717, 1.165) is 21.3 Å². The average Bonchev–Trinajstić information content (AvgIpc) is 2.57. The fourth-order valence-electron chi connectivity index (χ4n) is 2.69. The normalized spacial score (nSPS) is 18.7. The highest BCUT2D eigenvalue weighted by molar-refractivity contribution is 8.59. The first-order valence-electron chi connectivity index (χ1n) is 7.41. The molecule has 0 radical (unpaired) electrons. The Labute approximate surface area is 139 Å². The number of rotatable bonds is 2. The molecule has 0 aromatic heterocycles. The molecule has 4 heteroatoms. The SMILES string of the molecule is Cc1ccc(SP2(=O)Oc3ccccc3-c3ccccc32)cc1. The molecular formula is C19H15O2PS. The van der Waals surface area contributed by atoms with Gasteiger partial charge >= 0.3 is 6.57 Å². The summed E-state index contributed by atoms with van der Waals surface area (Å²) < 4.78 is 19.6. The summed E-state index contributed by atoms with van der Waals surface area (Å²) in [7, 11) is 0. The minimum absolute atomic E-state index is 0.689. The second-order valence-electron chi connectivity index (χ2n) is 5.51. The van der Waals surface area contributed by atoms with Crippen LogP contribution in [0.15, 0.2) is 77.7 Å². The lowest BCUT2D eigenvalue weighted by Crippen LogP contribution is -2.15. The molecular weight excluding hydrogens is 323 g/mol. The van der Waals surface area contributed by atoms with Gasteiger partial charge in [0.15, 0.2) is 0 Å². The summed E-state index contributed by atoms with van der Waals surface area (Å²) in [4.78, 5) is 0.952. The minimum atomic E-state index is -3.06. The minimum Gasteiger partial charge on any atom is -0.432 e. The molecule has 23 heavy (non-hydrogen) atoms. The number of fused-ring (bicyclic) bond motifs is 3. The topological polar surface area (TPSA) is 26.3 Å². The smallest absolute Gasteiger partial charge is 0.338 e. The summed E-state index contributed by atoms with van der Waals surface area (Å²) in [6, 6.07) is 23.6. The number of para-hydroxylation sites is 1. The Kier molecular flexibility index (Phi) is 3.56. The lowest BCUT2D eigenvalue weighted by Gasteiger charge is -2.27. The van der Waals surface area contributed by atoms with Crippen molar-refractivity contribution in [3.8, 4) is 16.9 Å². The summed E-state index contributed by atoms with van der Waals surface area (Å²) >= 11 is 1.32. The van der Waals surface area contributed by atoms with Gasteiger partial charge in [0.25, 0.3) is 0 Å². The zero-order valence-corrected chi connectivity index (χ0v) is 14.3. The lowest BCUT2D eigenvalue weighted by atomic mass is 10.0. The Bertz CT molecular complexity index is 919. The zero-order chi connectivity index (χ0) is 15.9. The summed E-state index contributed by atoms with van der Waals surface area (Å²) in [5, 5.41) is 0.782. The van der Waals surface area contributed by atoms with Crippen molar-refractivity contribution in [2.45, 2.75) is 11.8 Å². The van der Waals surface area contributed by atoms with E-state index in [2.05, 4.69) is 0 Å². The third-order valence-corrected chi connectivity index (χ3v) is 8.15. The van der Waals surface area contributed by atoms with E-state index in [1.807, 2.05) is 79.7 Å². The monoisotopic (exact) mass is 338 g/mol. The van der Waals surface area contributed by atoms with Crippen LogP contribution in [0, 0.1) is 6.92 Å². The highest BCUT2D eigenvalue weighted by Gasteiger charge is 2.37. The second-order valence-corrected chi connectivity index (χ2v) is 9.81. The number of hydrogen-bond donors (Lipinski definition) is 0. The van der Waals surface area contributed by atoms with E-state index >= 15 is 0 Å². The van der Waals surface area contributed by atoms with Crippen LogP contribution in [0.1, 0.15) is 5.56 Å². The van der Waals surface area contributed by atoms with Crippen LogP contribution in [-0.2, 0) is 4.57 Å². The van der Waals surface area contributed by atoms with Crippen molar-refractivity contribution in [2.24, 2.45) is 0 Å². The van der Waals surface area contributed by atoms with Gasteiger partial charge in [0.2, 0.25) is 0 Å². The van der Waals surface area contributed by atoms with E-state index < -0.39 is 6.57 Å². The molecule has 3 aromatic rings. The van der Waals surface area contributed by atoms with Gasteiger partial charge in [-0.2, -0.15) is 0 Å². The van der Waals surface area contributed by atoms with Crippen LogP contribution in [0.4, 0.5) is 0 Å². The van der Waals surface area contributed by atoms with Crippen molar-refractivity contribution < 1.29 is 9.09 Å². The molecule has 1 atom stereocenters. The van der Waals surface area contributed by atoms with Gasteiger partial charge in [0.05, 0.1) is 5.30 Å². The molecule has 0 N–H and O–H groups in total. The first-order valence-corrected chi connectivity index (χ1v) is 10.5. The van der Waals surface area contributed by atoms with Gasteiger partial charge in [-0.3, -0.25) is 4.57 Å². The van der Waals surface area contributed by atoms with Gasteiger partial charge in [0.1, 0.15) is 5.75 Å². The van der Waals surface area contributed by atoms with Crippen LogP contribution in [0.5, 0.6) is 5.75 Å². The maximum Gasteiger partial charge on any atom is 0.338 e. The van der Waals surface area contributed by atoms with Gasteiger partial charge < -0.3 is 4.52 Å². The van der Waals surface area contributed by atoms with Crippen LogP contribution >= 0.6 is 18.0 Å². The first-order chi connectivity index (χ1) is 11.2. The Morgan fingerprint density at radius 3 is 2.26 bits per heavy atom. The van der Waals surface area contributed by atoms with Crippen molar-refractivity contribution in [1.82, 2.24) is 0 Å². The van der Waals surface area contributed by atoms with Crippen molar-refractivity contribution in [3.63, 3.8) is 0 Å². The molecule has 2 nitrogen and oxygen atoms in total. The van der Waals surface area contributed by atoms with E-state index in [9.17, 15) is 4.57 Å². The predicted octanol–water partition coefficient (Wildman–Crippen LogP) is 5.67. The first kappa shape index (κ1) is 14.6. The molecule has 1 heterocycles. The summed E-state index contributed by atoms with van der Waals surface area (Å²) in [6.07, 6.45) is 0. The molecule has 0 bridgehead atoms. The molecule has 1 aliphatic heterocycles. The molecule has 0 spiro atoms. The molecule has 0 saturated heterocycles. The van der Waals surface area contributed by atoms with E-state index in [4.69, 9.17) is 4.52 Å². The lowest BCUT2D eigenvalue weighted by molar-refractivity contribution is 0.508. The molecule has 4 rings (SSSR count). The maximum absolute atomic E-state index is 13.6. The molecule has 1 aliphatic rings. The van der Waals surface area contributed by atoms with Gasteiger partial charge in [0, 0.05) is 16.0 Å². The van der Waals surface area contributed by atoms with Crippen LogP contribution in [-0.4, -0.2) is 0 Å². The van der Waals surface area contributed by atoms with Crippen LogP contribution < -0.4 is 9.83 Å². The van der Waals surface area contributed by atoms with E-state index in [1.54, 1.807) is 0 Å². The molecule has 3 aromatic carbocycles. The molecule has 0 saturated carbocycles. The second kappa shape index (κ2) is 5.59. The van der Waals surface area contributed by atoms with E-state index in [1.165, 1.54) is 16.9 Å². The summed E-state index contributed by atoms with van der Waals surface area (Å²) in [5.74, 6) is 0.689. The molecule has 0 aliphatic carbocycles. The molecule has 114 valence electrons. The fourth-order valence-corrected chi connectivity index (χ4v) is 6.96. The molecule has 1 unspecified atom stereocenters. The number of benzene rings is 3. The summed E-state index contributed by atoms with van der Waals surface area (Å²) in [5.41, 5.74) is 3.18. The highest BCUT2D eigenvalue weighted by atomic mass is 32.7. The summed E-state index contributed by atoms with van der Waals surface area (Å²) in [6.45, 7) is -1.02. The maximum atomic E-state index is 13.6. The van der Waals surface area contributed by atoms with Crippen molar-refractivity contribution in [3.05, 3.63) is 78.4 Å². The van der Waals surface area contributed by atoms with Crippen LogP contribution in [0.25, 0.3) is 11.1 Å². The Morgan fingerprint density at radius 2 is 1.48 bits per heavy atom. The highest BCUT2D eigenvalue weighted by Crippen LogP contribution is 2.65. The Balaban J connectivity index is 1.83. The zero-order valence-electron chi connectivity index (χ0n) is 12.6. The molecule has 0 amide bonds. The van der Waals surface area contributed by atoms with Gasteiger partial charge in [-0.15, -0.1) is 0 Å². The van der Waals surface area contributed by atoms with Gasteiger partial charge in [-0.25, -0.2) is 0 Å². The van der Waals surface area contributed by atoms with E-state index in [-0.39, 0.29) is 0 Å². The number of hydrogen-bond acceptors (Lipinski definition) is 3. The Morgan fingerprint density at radius 1 is 0.826 bits per heavy atom. The van der Waals surface area contributed by atoms with Crippen molar-refractivity contribution in [2.75, 3.05) is 0 Å². The van der Waals surface area contributed by atoms with Crippen LogP contribution in [0.3, 0.4) is 0 Å². The van der Waals surface area contributed by atoms with Crippen molar-refractivity contribution in [1.29, 1.82) is 0 Å². The van der Waals surface area contributed by atoms with Crippen LogP contribution in [0.2, 0.25) is 0 Å². The van der Waals surface area contributed by atoms with Crippen molar-refractivity contribution >= 4 is 23.3 Å². The fraction of sp³-hybridized carbons (Fsp3) is 0.0526. The standard InChI is InChI=1S/C19H15O2PS/c1-14-10-12-15(13-11-14)23-22(20)19-9-5-3-7-17(19)16-6-2-4-8-18(16)21-22/h2-13H,1H3. The molecule has 0 fully saturated rings. The average molecular weight is 338 g/mol. The van der Waals surface area contributed by atoms with Gasteiger partial charge in [-0.1, -0.05) is 54.1 Å². The number of aryl methyl sites for hydroxylation is 1. The van der Waals surface area contributed by atoms with E-state index in [0.29, 0.717) is 5.75 Å². The largest absolute Gasteiger partial charge is 0.432 e. The Hall–Kier alpha value is -1.96. The predicted molar refractivity (Wildman–Crippen MR) is 96.8 cm³/mol.